The smallest absolute Gasteiger partial charge is 0.0938 e. The minimum atomic E-state index is 0.200. The number of hydrogen-bond donors (Lipinski definition) is 0. The van der Waals surface area contributed by atoms with Crippen LogP contribution >= 0.6 is 21.8 Å². The van der Waals surface area contributed by atoms with Crippen LogP contribution < -0.4 is 0 Å². The Morgan fingerprint density at radius 3 is 2.42 bits per heavy atom. The van der Waals surface area contributed by atoms with Crippen molar-refractivity contribution < 1.29 is 4.74 Å². The number of aryl methyl sites for hydroxylation is 1. The average molecular weight is 459 g/mol. The first kappa shape index (κ1) is 20.4. The van der Waals surface area contributed by atoms with E-state index in [1.165, 1.54) is 75.8 Å². The van der Waals surface area contributed by atoms with Gasteiger partial charge >= 0.3 is 0 Å². The van der Waals surface area contributed by atoms with Gasteiger partial charge in [-0.25, -0.2) is 0 Å². The molecule has 1 aromatic carbocycles. The Kier molecular flexibility index (Phi) is 10.6. The number of benzene rings is 1. The molecule has 0 amide bonds. The largest absolute Gasteiger partial charge is 0.378 e. The summed E-state index contributed by atoms with van der Waals surface area (Å²) in [7, 11) is 0.200. The molecular formula is C21H35IOSi. The molecule has 0 saturated heterocycles. The molecule has 2 rings (SSSR count). The molecule has 0 aliphatic heterocycles. The summed E-state index contributed by atoms with van der Waals surface area (Å²) in [5.41, 5.74) is 3.08. The maximum absolute atomic E-state index is 6.07. The van der Waals surface area contributed by atoms with Crippen LogP contribution in [0.15, 0.2) is 24.3 Å². The molecule has 0 spiro atoms. The van der Waals surface area contributed by atoms with Crippen LogP contribution in [0.1, 0.15) is 81.8 Å². The molecule has 0 atom stereocenters. The van der Waals surface area contributed by atoms with Crippen LogP contribution in [0.25, 0.3) is 0 Å². The molecule has 0 N–H and O–H groups in total. The van der Waals surface area contributed by atoms with Crippen molar-refractivity contribution in [3.8, 4) is 0 Å². The van der Waals surface area contributed by atoms with E-state index in [1.807, 2.05) is 0 Å². The van der Waals surface area contributed by atoms with Crippen LogP contribution in [-0.2, 0) is 11.2 Å². The predicted molar refractivity (Wildman–Crippen MR) is 117 cm³/mol. The molecule has 1 aliphatic rings. The van der Waals surface area contributed by atoms with Gasteiger partial charge in [-0.2, -0.15) is 0 Å². The summed E-state index contributed by atoms with van der Waals surface area (Å²) < 4.78 is 6.07. The summed E-state index contributed by atoms with van der Waals surface area (Å²) in [6, 6.07) is 11.0. The topological polar surface area (TPSA) is 9.23 Å². The van der Waals surface area contributed by atoms with Gasteiger partial charge in [-0.05, 0) is 62.0 Å². The summed E-state index contributed by atoms with van der Waals surface area (Å²) in [6.45, 7) is 3.28. The van der Waals surface area contributed by atoms with E-state index in [0.29, 0.717) is 6.10 Å². The molecule has 0 unspecified atom stereocenters. The van der Waals surface area contributed by atoms with Crippen LogP contribution in [0.3, 0.4) is 0 Å². The maximum Gasteiger partial charge on any atom is 0.0938 e. The van der Waals surface area contributed by atoms with E-state index in [4.69, 9.17) is 4.74 Å². The first-order chi connectivity index (χ1) is 11.8. The predicted octanol–water partition coefficient (Wildman–Crippen LogP) is 6.18. The van der Waals surface area contributed by atoms with Gasteiger partial charge in [-0.1, -0.05) is 56.5 Å². The van der Waals surface area contributed by atoms with Crippen LogP contribution in [0.2, 0.25) is 6.04 Å². The van der Waals surface area contributed by atoms with Crippen molar-refractivity contribution in [2.75, 3.05) is 6.61 Å². The average Bonchev–Trinajstić information content (AvgIpc) is 2.64. The molecule has 0 heterocycles. The molecule has 1 aromatic rings. The van der Waals surface area contributed by atoms with Crippen molar-refractivity contribution in [1.82, 2.24) is 0 Å². The molecule has 24 heavy (non-hydrogen) atoms. The van der Waals surface area contributed by atoms with Crippen molar-refractivity contribution in [2.45, 2.75) is 89.2 Å². The quantitative estimate of drug-likeness (QED) is 0.167. The van der Waals surface area contributed by atoms with Crippen LogP contribution in [-0.4, -0.2) is 19.7 Å². The van der Waals surface area contributed by atoms with Gasteiger partial charge in [0.25, 0.3) is 0 Å². The lowest BCUT2D eigenvalue weighted by Gasteiger charge is -2.29. The standard InChI is InChI=1S/C21H35IOSi/c1-2-3-4-5-7-18-8-10-19(11-9-18)20-12-14-21(15-13-20)23-16-6-17-24-22/h8-11,20-21H,2-7,12-17,24H2,1H3/t20-,21-. The van der Waals surface area contributed by atoms with Crippen molar-refractivity contribution in [2.24, 2.45) is 0 Å². The van der Waals surface area contributed by atoms with Crippen LogP contribution in [0, 0.1) is 0 Å². The van der Waals surface area contributed by atoms with Crippen LogP contribution in [0.4, 0.5) is 0 Å². The van der Waals surface area contributed by atoms with Crippen molar-refractivity contribution in [3.63, 3.8) is 0 Å². The van der Waals surface area contributed by atoms with Gasteiger partial charge in [0.15, 0.2) is 0 Å². The van der Waals surface area contributed by atoms with Crippen LogP contribution in [0.5, 0.6) is 0 Å². The van der Waals surface area contributed by atoms with Crippen molar-refractivity contribution >= 4 is 28.8 Å². The molecule has 1 aliphatic carbocycles. The molecular weight excluding hydrogens is 423 g/mol. The van der Waals surface area contributed by atoms with E-state index in [2.05, 4.69) is 53.0 Å². The number of unbranched alkanes of at least 4 members (excludes halogenated alkanes) is 3. The Hall–Kier alpha value is 0.127. The van der Waals surface area contributed by atoms with Gasteiger partial charge in [0.1, 0.15) is 0 Å². The Morgan fingerprint density at radius 1 is 1.00 bits per heavy atom. The SMILES string of the molecule is CCCCCCc1ccc([C@H]2CC[C@H](OCCC[SiH2]I)CC2)cc1. The number of rotatable bonds is 11. The van der Waals surface area contributed by atoms with E-state index in [9.17, 15) is 0 Å². The molecule has 1 nitrogen and oxygen atoms in total. The normalized spacial score (nSPS) is 21.6. The fourth-order valence-corrected chi connectivity index (χ4v) is 5.73. The molecule has 1 saturated carbocycles. The van der Waals surface area contributed by atoms with Gasteiger partial charge in [-0.15, -0.1) is 21.8 Å². The molecule has 0 radical (unpaired) electrons. The third kappa shape index (κ3) is 7.57. The monoisotopic (exact) mass is 458 g/mol. The van der Waals surface area contributed by atoms with Crippen molar-refractivity contribution in [3.05, 3.63) is 35.4 Å². The zero-order valence-corrected chi connectivity index (χ0v) is 19.0. The summed E-state index contributed by atoms with van der Waals surface area (Å²) >= 11 is 2.59. The zero-order valence-electron chi connectivity index (χ0n) is 15.4. The van der Waals surface area contributed by atoms with Gasteiger partial charge in [0.2, 0.25) is 0 Å². The number of halogens is 1. The maximum atomic E-state index is 6.07. The highest BCUT2D eigenvalue weighted by atomic mass is 127. The summed E-state index contributed by atoms with van der Waals surface area (Å²) in [5.74, 6) is 0.765. The second-order valence-electron chi connectivity index (χ2n) is 7.29. The van der Waals surface area contributed by atoms with E-state index in [1.54, 1.807) is 5.56 Å². The second-order valence-corrected chi connectivity index (χ2v) is 11.6. The lowest BCUT2D eigenvalue weighted by atomic mass is 9.82. The summed E-state index contributed by atoms with van der Waals surface area (Å²) in [6.07, 6.45) is 13.6. The minimum Gasteiger partial charge on any atom is -0.378 e. The molecule has 0 aromatic heterocycles. The van der Waals surface area contributed by atoms with Crippen molar-refractivity contribution in [1.29, 1.82) is 0 Å². The third-order valence-corrected chi connectivity index (χ3v) is 8.38. The Bertz CT molecular complexity index is 426. The van der Waals surface area contributed by atoms with Gasteiger partial charge in [0, 0.05) is 6.61 Å². The summed E-state index contributed by atoms with van der Waals surface area (Å²) in [4.78, 5) is 0. The van der Waals surface area contributed by atoms with E-state index in [-0.39, 0.29) is 7.02 Å². The molecule has 136 valence electrons. The Morgan fingerprint density at radius 2 is 1.75 bits per heavy atom. The lowest BCUT2D eigenvalue weighted by Crippen LogP contribution is -2.21. The van der Waals surface area contributed by atoms with Gasteiger partial charge in [0.05, 0.1) is 13.1 Å². The molecule has 0 bridgehead atoms. The van der Waals surface area contributed by atoms with E-state index < -0.39 is 0 Å². The highest BCUT2D eigenvalue weighted by Crippen LogP contribution is 2.34. The number of hydrogen-bond acceptors (Lipinski definition) is 1. The van der Waals surface area contributed by atoms with E-state index >= 15 is 0 Å². The highest BCUT2D eigenvalue weighted by Gasteiger charge is 2.22. The minimum absolute atomic E-state index is 0.200. The second kappa shape index (κ2) is 12.5. The first-order valence-electron chi connectivity index (χ1n) is 10.1. The Labute approximate surface area is 164 Å². The van der Waals surface area contributed by atoms with Gasteiger partial charge in [-0.3, -0.25) is 0 Å². The third-order valence-electron chi connectivity index (χ3n) is 5.33. The molecule has 3 heteroatoms. The first-order valence-corrected chi connectivity index (χ1v) is 16.2. The summed E-state index contributed by atoms with van der Waals surface area (Å²) in [5, 5.41) is 0. The zero-order chi connectivity index (χ0) is 17.0. The number of ether oxygens (including phenoxy) is 1. The highest BCUT2D eigenvalue weighted by molar-refractivity contribution is 14.1. The fourth-order valence-electron chi connectivity index (χ4n) is 3.72. The van der Waals surface area contributed by atoms with Gasteiger partial charge < -0.3 is 4.74 Å². The Balaban J connectivity index is 1.68. The van der Waals surface area contributed by atoms with E-state index in [0.717, 1.165) is 12.5 Å². The fraction of sp³-hybridized carbons (Fsp3) is 0.714. The lowest BCUT2D eigenvalue weighted by molar-refractivity contribution is 0.0252. The molecule has 1 fully saturated rings.